The number of non-ortho nitro benzene ring substituents is 1. The van der Waals surface area contributed by atoms with Crippen molar-refractivity contribution in [2.45, 2.75) is 6.10 Å². The van der Waals surface area contributed by atoms with Crippen molar-refractivity contribution < 1.29 is 10.0 Å². The van der Waals surface area contributed by atoms with Crippen LogP contribution in [0.4, 0.5) is 11.4 Å². The van der Waals surface area contributed by atoms with E-state index in [-0.39, 0.29) is 5.69 Å². The lowest BCUT2D eigenvalue weighted by atomic mass is 10.1. The molecule has 2 rings (SSSR count). The van der Waals surface area contributed by atoms with Crippen LogP contribution in [0.15, 0.2) is 54.6 Å². The third-order valence-corrected chi connectivity index (χ3v) is 3.96. The Morgan fingerprint density at radius 3 is 2.46 bits per heavy atom. The van der Waals surface area contributed by atoms with Crippen molar-refractivity contribution in [2.24, 2.45) is 0 Å². The lowest BCUT2D eigenvalue weighted by Gasteiger charge is -2.25. The molecule has 1 atom stereocenters. The lowest BCUT2D eigenvalue weighted by Crippen LogP contribution is -2.33. The van der Waals surface area contributed by atoms with E-state index < -0.39 is 11.0 Å². The summed E-state index contributed by atoms with van der Waals surface area (Å²) in [7, 11) is 3.96. The first kappa shape index (κ1) is 17.9. The maximum atomic E-state index is 10.8. The van der Waals surface area contributed by atoms with Crippen LogP contribution in [0.1, 0.15) is 11.7 Å². The number of nitro benzene ring substituents is 1. The van der Waals surface area contributed by atoms with E-state index in [2.05, 4.69) is 17.0 Å². The molecular weight excluding hydrogens is 306 g/mol. The van der Waals surface area contributed by atoms with E-state index in [1.54, 1.807) is 12.1 Å². The van der Waals surface area contributed by atoms with Crippen molar-refractivity contribution in [1.82, 2.24) is 4.90 Å². The van der Waals surface area contributed by atoms with Gasteiger partial charge in [-0.3, -0.25) is 10.1 Å². The molecule has 0 spiro atoms. The average Bonchev–Trinajstić information content (AvgIpc) is 2.60. The summed E-state index contributed by atoms with van der Waals surface area (Å²) in [6.45, 7) is 2.02. The van der Waals surface area contributed by atoms with Gasteiger partial charge in [0.05, 0.1) is 11.0 Å². The molecule has 0 fully saturated rings. The smallest absolute Gasteiger partial charge is 0.269 e. The molecule has 2 aromatic rings. The Bertz CT molecular complexity index is 664. The Hall–Kier alpha value is -2.44. The Morgan fingerprint density at radius 1 is 1.08 bits per heavy atom. The molecule has 1 N–H and O–H groups in total. The molecule has 0 aliphatic heterocycles. The Balaban J connectivity index is 1.86. The molecule has 0 saturated carbocycles. The van der Waals surface area contributed by atoms with E-state index in [0.717, 1.165) is 18.8 Å². The highest BCUT2D eigenvalue weighted by Gasteiger charge is 2.14. The third-order valence-electron chi connectivity index (χ3n) is 3.96. The van der Waals surface area contributed by atoms with Crippen LogP contribution in [0, 0.1) is 10.1 Å². The summed E-state index contributed by atoms with van der Waals surface area (Å²) in [4.78, 5) is 14.5. The summed E-state index contributed by atoms with van der Waals surface area (Å²) in [5.74, 6) is 0. The van der Waals surface area contributed by atoms with Gasteiger partial charge in [-0.25, -0.2) is 0 Å². The molecule has 0 heterocycles. The first-order valence-corrected chi connectivity index (χ1v) is 7.84. The number of aliphatic hydroxyl groups is 1. The molecule has 0 amide bonds. The molecule has 0 aliphatic carbocycles. The minimum absolute atomic E-state index is 0.00184. The quantitative estimate of drug-likeness (QED) is 0.596. The zero-order valence-electron chi connectivity index (χ0n) is 14.0. The molecule has 0 saturated heterocycles. The van der Waals surface area contributed by atoms with Crippen LogP contribution >= 0.6 is 0 Å². The normalized spacial score (nSPS) is 12.2. The van der Waals surface area contributed by atoms with E-state index in [9.17, 15) is 15.2 Å². The third kappa shape index (κ3) is 5.04. The second kappa shape index (κ2) is 8.42. The van der Waals surface area contributed by atoms with E-state index in [4.69, 9.17) is 0 Å². The fraction of sp³-hybridized carbons (Fsp3) is 0.333. The van der Waals surface area contributed by atoms with Gasteiger partial charge in [-0.15, -0.1) is 0 Å². The van der Waals surface area contributed by atoms with Gasteiger partial charge in [0.1, 0.15) is 0 Å². The van der Waals surface area contributed by atoms with Gasteiger partial charge in [-0.2, -0.15) is 0 Å². The summed E-state index contributed by atoms with van der Waals surface area (Å²) < 4.78 is 0. The fourth-order valence-corrected chi connectivity index (χ4v) is 2.47. The monoisotopic (exact) mass is 329 g/mol. The molecule has 0 aliphatic rings. The van der Waals surface area contributed by atoms with E-state index >= 15 is 0 Å². The Labute approximate surface area is 142 Å². The zero-order valence-corrected chi connectivity index (χ0v) is 14.0. The number of benzene rings is 2. The number of aliphatic hydroxyl groups excluding tert-OH is 1. The van der Waals surface area contributed by atoms with Crippen LogP contribution < -0.4 is 4.90 Å². The molecular formula is C18H23N3O3. The minimum atomic E-state index is -0.753. The van der Waals surface area contributed by atoms with Crippen LogP contribution in [0.25, 0.3) is 0 Å². The summed E-state index contributed by atoms with van der Waals surface area (Å²) in [6, 6.07) is 16.3. The summed E-state index contributed by atoms with van der Waals surface area (Å²) in [6.07, 6.45) is -0.753. The summed E-state index contributed by atoms with van der Waals surface area (Å²) in [5, 5.41) is 21.1. The number of likely N-dealkylation sites (N-methyl/N-ethyl adjacent to an activating group) is 2. The highest BCUT2D eigenvalue weighted by Crippen LogP contribution is 2.20. The topological polar surface area (TPSA) is 69.8 Å². The maximum absolute atomic E-state index is 10.8. The van der Waals surface area contributed by atoms with Gasteiger partial charge >= 0.3 is 0 Å². The molecule has 6 heteroatoms. The molecule has 0 aromatic heterocycles. The molecule has 6 nitrogen and oxygen atoms in total. The number of nitro groups is 1. The van der Waals surface area contributed by atoms with E-state index in [1.165, 1.54) is 12.1 Å². The van der Waals surface area contributed by atoms with Gasteiger partial charge in [0.2, 0.25) is 0 Å². The fourth-order valence-electron chi connectivity index (χ4n) is 2.47. The molecule has 0 radical (unpaired) electrons. The van der Waals surface area contributed by atoms with Crippen molar-refractivity contribution in [1.29, 1.82) is 0 Å². The molecule has 1 unspecified atom stereocenters. The standard InChI is InChI=1S/C18H23N3O3/c1-19(11-12-20(2)16-8-4-3-5-9-16)14-18(22)15-7-6-10-17(13-15)21(23)24/h3-10,13,18,22H,11-12,14H2,1-2H3. The average molecular weight is 329 g/mol. The van der Waals surface area contributed by atoms with Crippen LogP contribution in [0.3, 0.4) is 0 Å². The molecule has 128 valence electrons. The SMILES string of the molecule is CN(CCN(C)c1ccccc1)CC(O)c1cccc([N+](=O)[O-])c1. The van der Waals surface area contributed by atoms with Crippen LogP contribution in [-0.4, -0.2) is 48.7 Å². The Morgan fingerprint density at radius 2 is 1.79 bits per heavy atom. The number of nitrogens with zero attached hydrogens (tertiary/aromatic N) is 3. The van der Waals surface area contributed by atoms with Crippen LogP contribution in [-0.2, 0) is 0 Å². The molecule has 2 aromatic carbocycles. The van der Waals surface area contributed by atoms with Gasteiger partial charge in [0.25, 0.3) is 5.69 Å². The zero-order chi connectivity index (χ0) is 17.5. The number of rotatable bonds is 8. The maximum Gasteiger partial charge on any atom is 0.269 e. The molecule has 0 bridgehead atoms. The highest BCUT2D eigenvalue weighted by atomic mass is 16.6. The first-order chi connectivity index (χ1) is 11.5. The largest absolute Gasteiger partial charge is 0.387 e. The van der Waals surface area contributed by atoms with Gasteiger partial charge in [-0.1, -0.05) is 30.3 Å². The number of anilines is 1. The highest BCUT2D eigenvalue weighted by molar-refractivity contribution is 5.44. The van der Waals surface area contributed by atoms with E-state index in [0.29, 0.717) is 12.1 Å². The van der Waals surface area contributed by atoms with Gasteiger partial charge < -0.3 is 14.9 Å². The predicted octanol–water partition coefficient (Wildman–Crippen LogP) is 2.70. The van der Waals surface area contributed by atoms with E-state index in [1.807, 2.05) is 37.2 Å². The van der Waals surface area contributed by atoms with Crippen LogP contribution in [0.5, 0.6) is 0 Å². The summed E-state index contributed by atoms with van der Waals surface area (Å²) in [5.41, 5.74) is 1.70. The minimum Gasteiger partial charge on any atom is -0.387 e. The second-order valence-corrected chi connectivity index (χ2v) is 5.89. The Kier molecular flexibility index (Phi) is 6.28. The predicted molar refractivity (Wildman–Crippen MR) is 95.3 cm³/mol. The number of hydrogen-bond donors (Lipinski definition) is 1. The first-order valence-electron chi connectivity index (χ1n) is 7.84. The van der Waals surface area contributed by atoms with Crippen molar-refractivity contribution in [2.75, 3.05) is 38.6 Å². The number of hydrogen-bond acceptors (Lipinski definition) is 5. The summed E-state index contributed by atoms with van der Waals surface area (Å²) >= 11 is 0. The van der Waals surface area contributed by atoms with Gasteiger partial charge in [0.15, 0.2) is 0 Å². The van der Waals surface area contributed by atoms with Gasteiger partial charge in [0, 0.05) is 44.5 Å². The molecule has 24 heavy (non-hydrogen) atoms. The van der Waals surface area contributed by atoms with Crippen LogP contribution in [0.2, 0.25) is 0 Å². The van der Waals surface area contributed by atoms with Crippen molar-refractivity contribution in [3.8, 4) is 0 Å². The van der Waals surface area contributed by atoms with Crippen molar-refractivity contribution in [3.05, 3.63) is 70.3 Å². The van der Waals surface area contributed by atoms with Crippen molar-refractivity contribution in [3.63, 3.8) is 0 Å². The second-order valence-electron chi connectivity index (χ2n) is 5.89. The lowest BCUT2D eigenvalue weighted by molar-refractivity contribution is -0.385. The number of para-hydroxylation sites is 1. The van der Waals surface area contributed by atoms with Gasteiger partial charge in [-0.05, 0) is 24.7 Å². The van der Waals surface area contributed by atoms with Crippen molar-refractivity contribution >= 4 is 11.4 Å².